The summed E-state index contributed by atoms with van der Waals surface area (Å²) in [4.78, 5) is 0. The summed E-state index contributed by atoms with van der Waals surface area (Å²) in [5.74, 6) is 0. The number of nitrogen functional groups attached to an aromatic ring is 1. The van der Waals surface area contributed by atoms with Crippen LogP contribution in [0.2, 0.25) is 5.02 Å². The first kappa shape index (κ1) is 14.5. The maximum atomic E-state index is 12.5. The zero-order valence-electron chi connectivity index (χ0n) is 10.6. The van der Waals surface area contributed by atoms with Gasteiger partial charge in [-0.05, 0) is 42.8 Å². The number of aryl methyl sites for hydroxylation is 1. The standard InChI is InChI=1S/C14H12ClF3N2/c1-8-2-4-13(11(19)6-8)20-12-5-3-9(7-10(12)15)14(16,17)18/h2-7,20H,19H2,1H3. The van der Waals surface area contributed by atoms with Crippen molar-refractivity contribution in [2.24, 2.45) is 0 Å². The number of anilines is 3. The van der Waals surface area contributed by atoms with Crippen LogP contribution in [0.1, 0.15) is 11.1 Å². The molecule has 0 aliphatic carbocycles. The van der Waals surface area contributed by atoms with Crippen molar-refractivity contribution in [1.82, 2.24) is 0 Å². The SMILES string of the molecule is Cc1ccc(Nc2ccc(C(F)(F)F)cc2Cl)c(N)c1. The highest BCUT2D eigenvalue weighted by Gasteiger charge is 2.30. The van der Waals surface area contributed by atoms with Gasteiger partial charge in [-0.1, -0.05) is 17.7 Å². The van der Waals surface area contributed by atoms with Gasteiger partial charge in [-0.15, -0.1) is 0 Å². The monoisotopic (exact) mass is 300 g/mol. The maximum absolute atomic E-state index is 12.5. The highest BCUT2D eigenvalue weighted by Crippen LogP contribution is 2.35. The van der Waals surface area contributed by atoms with E-state index in [4.69, 9.17) is 17.3 Å². The molecule has 0 atom stereocenters. The van der Waals surface area contributed by atoms with Crippen molar-refractivity contribution in [3.05, 3.63) is 52.5 Å². The van der Waals surface area contributed by atoms with E-state index in [0.29, 0.717) is 17.1 Å². The quantitative estimate of drug-likeness (QED) is 0.767. The highest BCUT2D eigenvalue weighted by atomic mass is 35.5. The van der Waals surface area contributed by atoms with Gasteiger partial charge in [-0.25, -0.2) is 0 Å². The Morgan fingerprint density at radius 2 is 1.70 bits per heavy atom. The molecule has 2 aromatic rings. The van der Waals surface area contributed by atoms with Gasteiger partial charge in [0.1, 0.15) is 0 Å². The molecule has 0 bridgehead atoms. The molecule has 0 fully saturated rings. The Hall–Kier alpha value is -1.88. The predicted octanol–water partition coefficient (Wildman–Crippen LogP) is 4.99. The Bertz CT molecular complexity index is 639. The predicted molar refractivity (Wildman–Crippen MR) is 75.3 cm³/mol. The van der Waals surface area contributed by atoms with E-state index in [9.17, 15) is 13.2 Å². The fourth-order valence-corrected chi connectivity index (χ4v) is 1.96. The van der Waals surface area contributed by atoms with E-state index in [1.165, 1.54) is 6.07 Å². The van der Waals surface area contributed by atoms with Crippen molar-refractivity contribution in [3.8, 4) is 0 Å². The first-order valence-electron chi connectivity index (χ1n) is 5.77. The molecule has 20 heavy (non-hydrogen) atoms. The summed E-state index contributed by atoms with van der Waals surface area (Å²) < 4.78 is 37.6. The Balaban J connectivity index is 2.30. The minimum absolute atomic E-state index is 0.0141. The van der Waals surface area contributed by atoms with Gasteiger partial charge in [0.2, 0.25) is 0 Å². The second-order valence-corrected chi connectivity index (χ2v) is 4.82. The summed E-state index contributed by atoms with van der Waals surface area (Å²) in [7, 11) is 0. The smallest absolute Gasteiger partial charge is 0.397 e. The molecule has 0 aliphatic rings. The molecule has 0 spiro atoms. The summed E-state index contributed by atoms with van der Waals surface area (Å²) in [6.45, 7) is 1.89. The molecule has 0 saturated heterocycles. The number of halogens is 4. The molecule has 0 aliphatic heterocycles. The lowest BCUT2D eigenvalue weighted by molar-refractivity contribution is -0.137. The molecule has 2 nitrogen and oxygen atoms in total. The molecule has 0 radical (unpaired) electrons. The van der Waals surface area contributed by atoms with Crippen LogP contribution >= 0.6 is 11.6 Å². The summed E-state index contributed by atoms with van der Waals surface area (Å²) in [5, 5.41) is 2.91. The zero-order chi connectivity index (χ0) is 14.9. The van der Waals surface area contributed by atoms with Gasteiger partial charge >= 0.3 is 6.18 Å². The third-order valence-corrected chi connectivity index (χ3v) is 3.09. The lowest BCUT2D eigenvalue weighted by atomic mass is 10.1. The van der Waals surface area contributed by atoms with E-state index >= 15 is 0 Å². The molecule has 3 N–H and O–H groups in total. The van der Waals surface area contributed by atoms with Crippen LogP contribution in [0.25, 0.3) is 0 Å². The molecule has 0 amide bonds. The normalized spacial score (nSPS) is 11.4. The molecule has 0 aromatic heterocycles. The molecule has 106 valence electrons. The summed E-state index contributed by atoms with van der Waals surface area (Å²) >= 11 is 5.87. The van der Waals surface area contributed by atoms with Crippen LogP contribution in [0.15, 0.2) is 36.4 Å². The van der Waals surface area contributed by atoms with Crippen LogP contribution in [0, 0.1) is 6.92 Å². The van der Waals surface area contributed by atoms with Crippen LogP contribution in [-0.2, 0) is 6.18 Å². The third-order valence-electron chi connectivity index (χ3n) is 2.77. The van der Waals surface area contributed by atoms with Crippen molar-refractivity contribution < 1.29 is 13.2 Å². The molecule has 0 saturated carbocycles. The third kappa shape index (κ3) is 3.17. The van der Waals surface area contributed by atoms with E-state index in [0.717, 1.165) is 17.7 Å². The van der Waals surface area contributed by atoms with Gasteiger partial charge in [0.15, 0.2) is 0 Å². The van der Waals surface area contributed by atoms with Crippen LogP contribution in [0.5, 0.6) is 0 Å². The van der Waals surface area contributed by atoms with Crippen molar-refractivity contribution in [2.75, 3.05) is 11.1 Å². The van der Waals surface area contributed by atoms with Gasteiger partial charge in [-0.2, -0.15) is 13.2 Å². The van der Waals surface area contributed by atoms with Gasteiger partial charge in [0.05, 0.1) is 27.6 Å². The number of hydrogen-bond acceptors (Lipinski definition) is 2. The summed E-state index contributed by atoms with van der Waals surface area (Å²) in [6, 6.07) is 8.49. The minimum atomic E-state index is -4.41. The molecule has 0 heterocycles. The van der Waals surface area contributed by atoms with Crippen LogP contribution in [0.4, 0.5) is 30.2 Å². The Labute approximate surface area is 119 Å². The number of nitrogens with one attached hydrogen (secondary N) is 1. The molecular formula is C14H12ClF3N2. The first-order valence-corrected chi connectivity index (χ1v) is 6.15. The van der Waals surface area contributed by atoms with E-state index < -0.39 is 11.7 Å². The van der Waals surface area contributed by atoms with Gasteiger partial charge in [0, 0.05) is 0 Å². The Morgan fingerprint density at radius 3 is 2.25 bits per heavy atom. The number of nitrogens with two attached hydrogens (primary N) is 1. The van der Waals surface area contributed by atoms with Crippen molar-refractivity contribution in [3.63, 3.8) is 0 Å². The maximum Gasteiger partial charge on any atom is 0.416 e. The van der Waals surface area contributed by atoms with Crippen molar-refractivity contribution in [2.45, 2.75) is 13.1 Å². The highest BCUT2D eigenvalue weighted by molar-refractivity contribution is 6.33. The van der Waals surface area contributed by atoms with Crippen molar-refractivity contribution in [1.29, 1.82) is 0 Å². The van der Waals surface area contributed by atoms with E-state index in [1.807, 2.05) is 13.0 Å². The Morgan fingerprint density at radius 1 is 1.05 bits per heavy atom. The Kier molecular flexibility index (Phi) is 3.81. The van der Waals surface area contributed by atoms with Crippen molar-refractivity contribution >= 4 is 28.7 Å². The average Bonchev–Trinajstić information content (AvgIpc) is 2.33. The summed E-state index contributed by atoms with van der Waals surface area (Å²) in [6.07, 6.45) is -4.41. The number of benzene rings is 2. The molecule has 0 unspecified atom stereocenters. The van der Waals surface area contributed by atoms with Gasteiger partial charge < -0.3 is 11.1 Å². The van der Waals surface area contributed by atoms with Crippen LogP contribution < -0.4 is 11.1 Å². The van der Waals surface area contributed by atoms with Crippen LogP contribution in [0.3, 0.4) is 0 Å². The molecule has 6 heteroatoms. The topological polar surface area (TPSA) is 38.0 Å². The molecule has 2 aromatic carbocycles. The van der Waals surface area contributed by atoms with E-state index in [-0.39, 0.29) is 5.02 Å². The minimum Gasteiger partial charge on any atom is -0.397 e. The fraction of sp³-hybridized carbons (Fsp3) is 0.143. The van der Waals surface area contributed by atoms with Crippen LogP contribution in [-0.4, -0.2) is 0 Å². The fourth-order valence-electron chi connectivity index (χ4n) is 1.73. The number of alkyl halides is 3. The number of hydrogen-bond donors (Lipinski definition) is 2. The van der Waals surface area contributed by atoms with Gasteiger partial charge in [0.25, 0.3) is 0 Å². The van der Waals surface area contributed by atoms with E-state index in [2.05, 4.69) is 5.32 Å². The molecular weight excluding hydrogens is 289 g/mol. The lowest BCUT2D eigenvalue weighted by Crippen LogP contribution is -2.05. The largest absolute Gasteiger partial charge is 0.416 e. The zero-order valence-corrected chi connectivity index (χ0v) is 11.3. The lowest BCUT2D eigenvalue weighted by Gasteiger charge is -2.13. The first-order chi connectivity index (χ1) is 9.27. The summed E-state index contributed by atoms with van der Waals surface area (Å²) in [5.41, 5.74) is 7.50. The van der Waals surface area contributed by atoms with Gasteiger partial charge in [-0.3, -0.25) is 0 Å². The second kappa shape index (κ2) is 5.25. The average molecular weight is 301 g/mol. The number of rotatable bonds is 2. The molecule has 2 rings (SSSR count). The second-order valence-electron chi connectivity index (χ2n) is 4.41. The van der Waals surface area contributed by atoms with E-state index in [1.54, 1.807) is 12.1 Å².